The van der Waals surface area contributed by atoms with E-state index in [4.69, 9.17) is 5.73 Å². The Kier molecular flexibility index (Phi) is 3.25. The molecular weight excluding hydrogens is 262 g/mol. The molecule has 0 spiro atoms. The molecule has 0 unspecified atom stereocenters. The molecule has 0 atom stereocenters. The van der Waals surface area contributed by atoms with Crippen LogP contribution in [0.3, 0.4) is 0 Å². The van der Waals surface area contributed by atoms with Gasteiger partial charge in [-0.1, -0.05) is 30.3 Å². The summed E-state index contributed by atoms with van der Waals surface area (Å²) in [6, 6.07) is 10.4. The van der Waals surface area contributed by atoms with E-state index in [9.17, 15) is 0 Å². The number of hydrogen-bond acceptors (Lipinski definition) is 3. The molecule has 0 radical (unpaired) electrons. The number of aromatic nitrogens is 4. The number of nitrogen functional groups attached to an aromatic ring is 1. The van der Waals surface area contributed by atoms with E-state index in [1.807, 2.05) is 42.2 Å². The van der Waals surface area contributed by atoms with E-state index in [0.29, 0.717) is 5.69 Å². The summed E-state index contributed by atoms with van der Waals surface area (Å²) in [4.78, 5) is 0. The Morgan fingerprint density at radius 2 is 1.81 bits per heavy atom. The van der Waals surface area contributed by atoms with Crippen molar-refractivity contribution in [3.05, 3.63) is 48.4 Å². The summed E-state index contributed by atoms with van der Waals surface area (Å²) in [7, 11) is 0. The van der Waals surface area contributed by atoms with Crippen LogP contribution >= 0.6 is 0 Å². The van der Waals surface area contributed by atoms with E-state index >= 15 is 0 Å². The van der Waals surface area contributed by atoms with Crippen LogP contribution in [0.1, 0.15) is 25.6 Å². The molecule has 0 aliphatic rings. The van der Waals surface area contributed by atoms with Crippen molar-refractivity contribution in [1.82, 2.24) is 19.6 Å². The molecule has 0 amide bonds. The molecule has 2 heterocycles. The van der Waals surface area contributed by atoms with Crippen LogP contribution in [0, 0.1) is 6.92 Å². The van der Waals surface area contributed by atoms with Crippen LogP contribution < -0.4 is 5.73 Å². The highest BCUT2D eigenvalue weighted by atomic mass is 15.4. The van der Waals surface area contributed by atoms with Crippen LogP contribution in [0.25, 0.3) is 16.9 Å². The van der Waals surface area contributed by atoms with Crippen molar-refractivity contribution in [2.75, 3.05) is 5.73 Å². The van der Waals surface area contributed by atoms with E-state index < -0.39 is 0 Å². The first-order valence-corrected chi connectivity index (χ1v) is 7.03. The SMILES string of the molecule is Cc1nn(C(C)C)c(-n2cc(-c3ccccc3)cn2)c1N. The molecule has 0 saturated carbocycles. The van der Waals surface area contributed by atoms with E-state index in [-0.39, 0.29) is 6.04 Å². The summed E-state index contributed by atoms with van der Waals surface area (Å²) in [6.07, 6.45) is 3.84. The zero-order valence-corrected chi connectivity index (χ0v) is 12.5. The quantitative estimate of drug-likeness (QED) is 0.802. The maximum atomic E-state index is 6.18. The molecule has 21 heavy (non-hydrogen) atoms. The van der Waals surface area contributed by atoms with Gasteiger partial charge in [0, 0.05) is 17.8 Å². The predicted octanol–water partition coefficient (Wildman–Crippen LogP) is 3.21. The summed E-state index contributed by atoms with van der Waals surface area (Å²) < 4.78 is 3.71. The van der Waals surface area contributed by atoms with Gasteiger partial charge in [-0.05, 0) is 26.3 Å². The van der Waals surface area contributed by atoms with Crippen molar-refractivity contribution in [2.24, 2.45) is 0 Å². The van der Waals surface area contributed by atoms with Crippen molar-refractivity contribution in [3.8, 4) is 16.9 Å². The fraction of sp³-hybridized carbons (Fsp3) is 0.250. The smallest absolute Gasteiger partial charge is 0.175 e. The maximum Gasteiger partial charge on any atom is 0.175 e. The molecule has 1 aromatic carbocycles. The second-order valence-electron chi connectivity index (χ2n) is 5.40. The van der Waals surface area contributed by atoms with Gasteiger partial charge in [-0.3, -0.25) is 0 Å². The molecule has 0 bridgehead atoms. The van der Waals surface area contributed by atoms with Crippen LogP contribution in [0.15, 0.2) is 42.7 Å². The Morgan fingerprint density at radius 3 is 2.48 bits per heavy atom. The zero-order valence-electron chi connectivity index (χ0n) is 12.5. The molecule has 0 saturated heterocycles. The van der Waals surface area contributed by atoms with Crippen molar-refractivity contribution < 1.29 is 0 Å². The number of rotatable bonds is 3. The number of benzene rings is 1. The van der Waals surface area contributed by atoms with Gasteiger partial charge in [-0.25, -0.2) is 9.36 Å². The maximum absolute atomic E-state index is 6.18. The van der Waals surface area contributed by atoms with Gasteiger partial charge in [-0.2, -0.15) is 10.2 Å². The summed E-state index contributed by atoms with van der Waals surface area (Å²) in [6.45, 7) is 6.08. The Hall–Kier alpha value is -2.56. The van der Waals surface area contributed by atoms with Crippen LogP contribution in [-0.2, 0) is 0 Å². The Bertz CT molecular complexity index is 752. The number of nitrogens with zero attached hydrogens (tertiary/aromatic N) is 4. The summed E-state index contributed by atoms with van der Waals surface area (Å²) in [5.74, 6) is 0.824. The molecule has 0 fully saturated rings. The Labute approximate surface area is 124 Å². The van der Waals surface area contributed by atoms with E-state index in [2.05, 4.69) is 36.2 Å². The highest BCUT2D eigenvalue weighted by molar-refractivity contribution is 5.63. The normalized spacial score (nSPS) is 11.2. The van der Waals surface area contributed by atoms with Crippen molar-refractivity contribution in [3.63, 3.8) is 0 Å². The number of hydrogen-bond donors (Lipinski definition) is 1. The van der Waals surface area contributed by atoms with Crippen LogP contribution in [0.5, 0.6) is 0 Å². The van der Waals surface area contributed by atoms with Gasteiger partial charge in [0.25, 0.3) is 0 Å². The average Bonchev–Trinajstić information content (AvgIpc) is 3.06. The van der Waals surface area contributed by atoms with Crippen molar-refractivity contribution in [2.45, 2.75) is 26.8 Å². The third kappa shape index (κ3) is 2.31. The second kappa shape index (κ2) is 5.09. The first kappa shape index (κ1) is 13.4. The highest BCUT2D eigenvalue weighted by Gasteiger charge is 2.17. The first-order valence-electron chi connectivity index (χ1n) is 7.03. The lowest BCUT2D eigenvalue weighted by molar-refractivity contribution is 0.512. The largest absolute Gasteiger partial charge is 0.394 e. The van der Waals surface area contributed by atoms with Gasteiger partial charge in [0.2, 0.25) is 0 Å². The molecular formula is C16H19N5. The first-order chi connectivity index (χ1) is 10.1. The minimum Gasteiger partial charge on any atom is -0.394 e. The zero-order chi connectivity index (χ0) is 15.0. The monoisotopic (exact) mass is 281 g/mol. The standard InChI is InChI=1S/C16H19N5/c1-11(2)21-16(15(17)12(3)19-21)20-10-14(9-18-20)13-7-5-4-6-8-13/h4-11H,17H2,1-3H3. The lowest BCUT2D eigenvalue weighted by Gasteiger charge is -2.11. The molecule has 3 rings (SSSR count). The predicted molar refractivity (Wildman–Crippen MR) is 84.3 cm³/mol. The number of nitrogens with two attached hydrogens (primary N) is 1. The number of anilines is 1. The highest BCUT2D eigenvalue weighted by Crippen LogP contribution is 2.26. The van der Waals surface area contributed by atoms with Crippen LogP contribution in [0.4, 0.5) is 5.69 Å². The minimum atomic E-state index is 0.223. The van der Waals surface area contributed by atoms with Gasteiger partial charge in [0.05, 0.1) is 17.6 Å². The van der Waals surface area contributed by atoms with Gasteiger partial charge in [-0.15, -0.1) is 0 Å². The topological polar surface area (TPSA) is 61.7 Å². The van der Waals surface area contributed by atoms with Gasteiger partial charge in [0.15, 0.2) is 5.82 Å². The lowest BCUT2D eigenvalue weighted by atomic mass is 10.1. The molecule has 0 aliphatic heterocycles. The Balaban J connectivity index is 2.09. The third-order valence-electron chi connectivity index (χ3n) is 3.50. The summed E-state index contributed by atoms with van der Waals surface area (Å²) in [5, 5.41) is 8.95. The fourth-order valence-corrected chi connectivity index (χ4v) is 2.35. The summed E-state index contributed by atoms with van der Waals surface area (Å²) in [5.41, 5.74) is 9.87. The average molecular weight is 281 g/mol. The van der Waals surface area contributed by atoms with E-state index in [0.717, 1.165) is 22.6 Å². The lowest BCUT2D eigenvalue weighted by Crippen LogP contribution is -2.11. The molecule has 5 nitrogen and oxygen atoms in total. The molecule has 3 aromatic rings. The van der Waals surface area contributed by atoms with E-state index in [1.54, 1.807) is 4.68 Å². The Morgan fingerprint density at radius 1 is 1.10 bits per heavy atom. The fourth-order valence-electron chi connectivity index (χ4n) is 2.35. The molecule has 2 aromatic heterocycles. The van der Waals surface area contributed by atoms with Crippen LogP contribution in [0.2, 0.25) is 0 Å². The van der Waals surface area contributed by atoms with Crippen LogP contribution in [-0.4, -0.2) is 19.6 Å². The van der Waals surface area contributed by atoms with Crippen molar-refractivity contribution in [1.29, 1.82) is 0 Å². The summed E-state index contributed by atoms with van der Waals surface area (Å²) >= 11 is 0. The second-order valence-corrected chi connectivity index (χ2v) is 5.40. The molecule has 108 valence electrons. The van der Waals surface area contributed by atoms with E-state index in [1.165, 1.54) is 0 Å². The van der Waals surface area contributed by atoms with Gasteiger partial charge < -0.3 is 5.73 Å². The van der Waals surface area contributed by atoms with Gasteiger partial charge >= 0.3 is 0 Å². The minimum absolute atomic E-state index is 0.223. The molecule has 0 aliphatic carbocycles. The van der Waals surface area contributed by atoms with Gasteiger partial charge in [0.1, 0.15) is 0 Å². The molecule has 2 N–H and O–H groups in total. The third-order valence-corrected chi connectivity index (χ3v) is 3.50. The number of aryl methyl sites for hydroxylation is 1. The molecule has 5 heteroatoms. The van der Waals surface area contributed by atoms with Crippen molar-refractivity contribution >= 4 is 5.69 Å².